The summed E-state index contributed by atoms with van der Waals surface area (Å²) in [6.45, 7) is 4.32. The summed E-state index contributed by atoms with van der Waals surface area (Å²) < 4.78 is 0. The summed E-state index contributed by atoms with van der Waals surface area (Å²) in [5.41, 5.74) is 2.14. The molecule has 3 heteroatoms. The van der Waals surface area contributed by atoms with Crippen LogP contribution >= 0.6 is 0 Å². The van der Waals surface area contributed by atoms with Crippen molar-refractivity contribution < 1.29 is 0 Å². The molecule has 0 saturated carbocycles. The molecule has 70 valence electrons. The molecule has 1 N–H and O–H groups in total. The van der Waals surface area contributed by atoms with E-state index in [1.54, 1.807) is 6.07 Å². The lowest BCUT2D eigenvalue weighted by Gasteiger charge is -2.25. The normalized spacial score (nSPS) is 26.9. The van der Waals surface area contributed by atoms with Gasteiger partial charge in [-0.05, 0) is 24.3 Å². The van der Waals surface area contributed by atoms with Gasteiger partial charge in [0.25, 0.3) is 5.56 Å². The maximum Gasteiger partial charge on any atom is 0.264 e. The van der Waals surface area contributed by atoms with Gasteiger partial charge in [0.1, 0.15) is 0 Å². The van der Waals surface area contributed by atoms with Crippen molar-refractivity contribution in [2.45, 2.75) is 38.5 Å². The van der Waals surface area contributed by atoms with E-state index in [4.69, 9.17) is 0 Å². The van der Waals surface area contributed by atoms with Gasteiger partial charge in [0.05, 0.1) is 5.69 Å². The third-order valence-electron chi connectivity index (χ3n) is 2.90. The number of hydrogen-bond acceptors (Lipinski definition) is 2. The van der Waals surface area contributed by atoms with E-state index in [0.717, 1.165) is 11.3 Å². The summed E-state index contributed by atoms with van der Waals surface area (Å²) in [7, 11) is 0. The average molecular weight is 178 g/mol. The lowest BCUT2D eigenvalue weighted by atomic mass is 9.82. The maximum absolute atomic E-state index is 11.1. The zero-order valence-electron chi connectivity index (χ0n) is 8.00. The Morgan fingerprint density at radius 1 is 1.38 bits per heavy atom. The Kier molecular flexibility index (Phi) is 1.94. The first kappa shape index (κ1) is 8.48. The lowest BCUT2D eigenvalue weighted by molar-refractivity contribution is 0.506. The van der Waals surface area contributed by atoms with Crippen LogP contribution < -0.4 is 5.56 Å². The molecule has 0 spiro atoms. The molecule has 0 radical (unpaired) electrons. The van der Waals surface area contributed by atoms with Gasteiger partial charge >= 0.3 is 0 Å². The number of nitrogens with one attached hydrogen (secondary N) is 1. The molecule has 2 atom stereocenters. The number of fused-ring (bicyclic) bond motifs is 1. The highest BCUT2D eigenvalue weighted by Crippen LogP contribution is 2.35. The van der Waals surface area contributed by atoms with Crippen molar-refractivity contribution in [1.29, 1.82) is 0 Å². The largest absolute Gasteiger partial charge is 0.268 e. The Morgan fingerprint density at radius 3 is 2.85 bits per heavy atom. The second kappa shape index (κ2) is 2.98. The molecule has 0 fully saturated rings. The molecular formula is C10H14N2O. The van der Waals surface area contributed by atoms with Crippen LogP contribution in [0.4, 0.5) is 0 Å². The molecule has 13 heavy (non-hydrogen) atoms. The highest BCUT2D eigenvalue weighted by molar-refractivity contribution is 5.27. The van der Waals surface area contributed by atoms with Crippen LogP contribution in [0.2, 0.25) is 0 Å². The van der Waals surface area contributed by atoms with Gasteiger partial charge in [0.2, 0.25) is 0 Å². The van der Waals surface area contributed by atoms with Gasteiger partial charge in [-0.1, -0.05) is 13.8 Å². The van der Waals surface area contributed by atoms with E-state index in [9.17, 15) is 4.79 Å². The number of aromatic nitrogens is 2. The van der Waals surface area contributed by atoms with Crippen LogP contribution in [0.3, 0.4) is 0 Å². The van der Waals surface area contributed by atoms with Crippen molar-refractivity contribution in [3.63, 3.8) is 0 Å². The molecule has 1 aromatic rings. The second-order valence-corrected chi connectivity index (χ2v) is 3.95. The zero-order chi connectivity index (χ0) is 9.42. The number of aromatic amines is 1. The summed E-state index contributed by atoms with van der Waals surface area (Å²) in [4.78, 5) is 11.1. The Morgan fingerprint density at radius 2 is 2.08 bits per heavy atom. The van der Waals surface area contributed by atoms with Gasteiger partial charge in [0, 0.05) is 12.0 Å². The quantitative estimate of drug-likeness (QED) is 0.658. The molecule has 1 aromatic heterocycles. The van der Waals surface area contributed by atoms with Crippen LogP contribution in [-0.2, 0) is 0 Å². The van der Waals surface area contributed by atoms with E-state index >= 15 is 0 Å². The monoisotopic (exact) mass is 178 g/mol. The van der Waals surface area contributed by atoms with E-state index in [0.29, 0.717) is 11.8 Å². The second-order valence-electron chi connectivity index (χ2n) is 3.95. The number of H-pyrrole nitrogens is 1. The van der Waals surface area contributed by atoms with Crippen LogP contribution in [0, 0.1) is 0 Å². The molecule has 1 heterocycles. The first-order valence-corrected chi connectivity index (χ1v) is 4.78. The maximum atomic E-state index is 11.1. The number of hydrogen-bond donors (Lipinski definition) is 1. The molecule has 2 unspecified atom stereocenters. The fourth-order valence-electron chi connectivity index (χ4n) is 2.01. The Bertz CT molecular complexity index is 369. The van der Waals surface area contributed by atoms with Crippen molar-refractivity contribution in [1.82, 2.24) is 10.2 Å². The summed E-state index contributed by atoms with van der Waals surface area (Å²) in [5, 5.41) is 6.62. The fraction of sp³-hybridized carbons (Fsp3) is 0.600. The van der Waals surface area contributed by atoms with Gasteiger partial charge in [-0.2, -0.15) is 5.10 Å². The molecule has 0 saturated heterocycles. The van der Waals surface area contributed by atoms with Crippen molar-refractivity contribution in [2.24, 2.45) is 0 Å². The Balaban J connectivity index is 2.56. The molecule has 0 aromatic carbocycles. The predicted molar refractivity (Wildman–Crippen MR) is 50.9 cm³/mol. The van der Waals surface area contributed by atoms with Crippen LogP contribution in [0.1, 0.15) is 49.8 Å². The fourth-order valence-corrected chi connectivity index (χ4v) is 2.01. The molecular weight excluding hydrogens is 164 g/mol. The summed E-state index contributed by atoms with van der Waals surface area (Å²) in [6, 6.07) is 1.70. The van der Waals surface area contributed by atoms with E-state index < -0.39 is 0 Å². The molecule has 0 amide bonds. The topological polar surface area (TPSA) is 45.8 Å². The Labute approximate surface area is 77.2 Å². The van der Waals surface area contributed by atoms with Crippen molar-refractivity contribution in [3.05, 3.63) is 27.7 Å². The van der Waals surface area contributed by atoms with Crippen LogP contribution in [-0.4, -0.2) is 10.2 Å². The van der Waals surface area contributed by atoms with Crippen molar-refractivity contribution >= 4 is 0 Å². The summed E-state index contributed by atoms with van der Waals surface area (Å²) >= 11 is 0. The van der Waals surface area contributed by atoms with Gasteiger partial charge in [-0.3, -0.25) is 4.79 Å². The van der Waals surface area contributed by atoms with E-state index in [2.05, 4.69) is 24.0 Å². The molecule has 1 aliphatic carbocycles. The summed E-state index contributed by atoms with van der Waals surface area (Å²) in [5.74, 6) is 0.976. The van der Waals surface area contributed by atoms with E-state index in [1.807, 2.05) is 0 Å². The van der Waals surface area contributed by atoms with Gasteiger partial charge in [-0.15, -0.1) is 0 Å². The van der Waals surface area contributed by atoms with Gasteiger partial charge in [0.15, 0.2) is 0 Å². The standard InChI is InChI=1S/C10H14N2O/c1-6-3-4-7(2)10-8(6)5-9(13)11-12-10/h5-7H,3-4H2,1-2H3,(H,11,13). The van der Waals surface area contributed by atoms with Crippen LogP contribution in [0.5, 0.6) is 0 Å². The Hall–Kier alpha value is -1.12. The minimum Gasteiger partial charge on any atom is -0.268 e. The first-order chi connectivity index (χ1) is 6.18. The lowest BCUT2D eigenvalue weighted by Crippen LogP contribution is -2.19. The first-order valence-electron chi connectivity index (χ1n) is 4.78. The third-order valence-corrected chi connectivity index (χ3v) is 2.90. The average Bonchev–Trinajstić information content (AvgIpc) is 2.12. The highest BCUT2D eigenvalue weighted by atomic mass is 16.1. The molecule has 3 nitrogen and oxygen atoms in total. The molecule has 1 aliphatic rings. The molecule has 0 bridgehead atoms. The zero-order valence-corrected chi connectivity index (χ0v) is 8.00. The van der Waals surface area contributed by atoms with E-state index in [-0.39, 0.29) is 5.56 Å². The van der Waals surface area contributed by atoms with Gasteiger partial charge in [-0.25, -0.2) is 5.10 Å². The van der Waals surface area contributed by atoms with Crippen LogP contribution in [0.15, 0.2) is 10.9 Å². The minimum absolute atomic E-state index is 0.0836. The van der Waals surface area contributed by atoms with Crippen molar-refractivity contribution in [3.8, 4) is 0 Å². The van der Waals surface area contributed by atoms with Crippen molar-refractivity contribution in [2.75, 3.05) is 0 Å². The predicted octanol–water partition coefficient (Wildman–Crippen LogP) is 1.77. The summed E-state index contributed by atoms with van der Waals surface area (Å²) in [6.07, 6.45) is 2.34. The third kappa shape index (κ3) is 1.39. The minimum atomic E-state index is -0.0836. The smallest absolute Gasteiger partial charge is 0.264 e. The number of rotatable bonds is 0. The molecule has 0 aliphatic heterocycles. The SMILES string of the molecule is CC1CCC(C)c2n[nH]c(=O)cc21. The highest BCUT2D eigenvalue weighted by Gasteiger charge is 2.23. The van der Waals surface area contributed by atoms with Crippen LogP contribution in [0.25, 0.3) is 0 Å². The number of nitrogens with zero attached hydrogens (tertiary/aromatic N) is 1. The van der Waals surface area contributed by atoms with Gasteiger partial charge < -0.3 is 0 Å². The molecule has 2 rings (SSSR count). The van der Waals surface area contributed by atoms with E-state index in [1.165, 1.54) is 12.8 Å².